The summed E-state index contributed by atoms with van der Waals surface area (Å²) in [6.07, 6.45) is -1.13. The molecule has 0 fully saturated rings. The number of benzene rings is 2. The molecule has 2 rings (SSSR count). The fraction of sp³-hybridized carbons (Fsp3) is 0.263. The Morgan fingerprint density at radius 1 is 1.11 bits per heavy atom. The molecule has 28 heavy (non-hydrogen) atoms. The van der Waals surface area contributed by atoms with E-state index < -0.39 is 22.9 Å². The molecule has 0 heterocycles. The van der Waals surface area contributed by atoms with Crippen LogP contribution < -0.4 is 14.8 Å². The second-order valence-corrected chi connectivity index (χ2v) is 5.75. The molecule has 0 aliphatic rings. The minimum atomic E-state index is -1.08. The van der Waals surface area contributed by atoms with Gasteiger partial charge in [0, 0.05) is 11.6 Å². The largest absolute Gasteiger partial charge is 0.496 e. The van der Waals surface area contributed by atoms with Crippen molar-refractivity contribution in [1.29, 1.82) is 0 Å². The number of hydrogen-bond acceptors (Lipinski definition) is 7. The number of nitro groups is 1. The maximum absolute atomic E-state index is 12.3. The molecule has 0 aromatic heterocycles. The van der Waals surface area contributed by atoms with Crippen LogP contribution in [0, 0.1) is 10.1 Å². The van der Waals surface area contributed by atoms with Crippen LogP contribution in [0.2, 0.25) is 0 Å². The third-order valence-corrected chi connectivity index (χ3v) is 3.86. The number of methoxy groups -OCH3 is 2. The lowest BCUT2D eigenvalue weighted by Gasteiger charge is -2.15. The van der Waals surface area contributed by atoms with Crippen molar-refractivity contribution in [3.8, 4) is 11.5 Å². The maximum atomic E-state index is 12.3. The summed E-state index contributed by atoms with van der Waals surface area (Å²) in [5.41, 5.74) is 0.691. The molecule has 0 unspecified atom stereocenters. The Morgan fingerprint density at radius 3 is 2.43 bits per heavy atom. The van der Waals surface area contributed by atoms with Crippen LogP contribution in [-0.2, 0) is 20.7 Å². The van der Waals surface area contributed by atoms with Crippen molar-refractivity contribution in [2.45, 2.75) is 19.4 Å². The fourth-order valence-corrected chi connectivity index (χ4v) is 2.43. The number of para-hydroxylation sites is 1. The van der Waals surface area contributed by atoms with Gasteiger partial charge >= 0.3 is 5.97 Å². The summed E-state index contributed by atoms with van der Waals surface area (Å²) in [5, 5.41) is 13.4. The molecular formula is C19H20N2O7. The molecule has 148 valence electrons. The van der Waals surface area contributed by atoms with Crippen LogP contribution in [0.1, 0.15) is 12.5 Å². The predicted octanol–water partition coefficient (Wildman–Crippen LogP) is 2.72. The number of rotatable bonds is 8. The summed E-state index contributed by atoms with van der Waals surface area (Å²) in [6, 6.07) is 10.8. The van der Waals surface area contributed by atoms with Gasteiger partial charge in [-0.05, 0) is 19.1 Å². The van der Waals surface area contributed by atoms with E-state index >= 15 is 0 Å². The quantitative estimate of drug-likeness (QED) is 0.420. The summed E-state index contributed by atoms with van der Waals surface area (Å²) in [4.78, 5) is 34.7. The standard InChI is InChI=1S/C19H20N2O7/c1-12(28-18(22)10-13-6-4-5-7-16(13)26-2)19(23)20-15-9-8-14(21(24)25)11-17(15)27-3/h4-9,11-12H,10H2,1-3H3,(H,20,23)/t12-/m0/s1. The zero-order valence-corrected chi connectivity index (χ0v) is 15.6. The lowest BCUT2D eigenvalue weighted by Crippen LogP contribution is -2.30. The Bertz CT molecular complexity index is 882. The summed E-state index contributed by atoms with van der Waals surface area (Å²) >= 11 is 0. The molecule has 0 aliphatic carbocycles. The lowest BCUT2D eigenvalue weighted by molar-refractivity contribution is -0.384. The Hall–Kier alpha value is -3.62. The van der Waals surface area contributed by atoms with Crippen LogP contribution in [0.3, 0.4) is 0 Å². The fourth-order valence-electron chi connectivity index (χ4n) is 2.43. The number of nitro benzene ring substituents is 1. The van der Waals surface area contributed by atoms with E-state index in [1.165, 1.54) is 39.3 Å². The third kappa shape index (κ3) is 5.19. The first kappa shape index (κ1) is 20.7. The number of amides is 1. The van der Waals surface area contributed by atoms with Gasteiger partial charge in [0.1, 0.15) is 11.5 Å². The molecule has 0 bridgehead atoms. The van der Waals surface area contributed by atoms with Crippen molar-refractivity contribution in [3.05, 3.63) is 58.1 Å². The van der Waals surface area contributed by atoms with E-state index in [2.05, 4.69) is 5.32 Å². The van der Waals surface area contributed by atoms with Gasteiger partial charge in [-0.15, -0.1) is 0 Å². The molecule has 0 spiro atoms. The molecular weight excluding hydrogens is 368 g/mol. The van der Waals surface area contributed by atoms with Crippen LogP contribution in [0.25, 0.3) is 0 Å². The smallest absolute Gasteiger partial charge is 0.311 e. The Morgan fingerprint density at radius 2 is 1.79 bits per heavy atom. The molecule has 0 radical (unpaired) electrons. The topological polar surface area (TPSA) is 117 Å². The molecule has 0 saturated carbocycles. The van der Waals surface area contributed by atoms with Crippen LogP contribution in [0.5, 0.6) is 11.5 Å². The third-order valence-electron chi connectivity index (χ3n) is 3.86. The molecule has 9 heteroatoms. The Kier molecular flexibility index (Phi) is 6.91. The van der Waals surface area contributed by atoms with Gasteiger partial charge in [0.25, 0.3) is 11.6 Å². The van der Waals surface area contributed by atoms with Gasteiger partial charge in [-0.2, -0.15) is 0 Å². The minimum absolute atomic E-state index is 0.0531. The molecule has 9 nitrogen and oxygen atoms in total. The number of esters is 1. The zero-order valence-electron chi connectivity index (χ0n) is 15.6. The molecule has 0 saturated heterocycles. The number of anilines is 1. The summed E-state index contributed by atoms with van der Waals surface area (Å²) in [6.45, 7) is 1.42. The average Bonchev–Trinajstić information content (AvgIpc) is 2.68. The van der Waals surface area contributed by atoms with Crippen molar-refractivity contribution >= 4 is 23.3 Å². The molecule has 1 N–H and O–H groups in total. The molecule has 1 atom stereocenters. The molecule has 2 aromatic rings. The second-order valence-electron chi connectivity index (χ2n) is 5.75. The van der Waals surface area contributed by atoms with Gasteiger partial charge in [0.15, 0.2) is 6.10 Å². The number of nitrogens with zero attached hydrogens (tertiary/aromatic N) is 1. The minimum Gasteiger partial charge on any atom is -0.496 e. The van der Waals surface area contributed by atoms with E-state index in [0.717, 1.165) is 0 Å². The number of hydrogen-bond donors (Lipinski definition) is 1. The van der Waals surface area contributed by atoms with Gasteiger partial charge in [-0.1, -0.05) is 18.2 Å². The normalized spacial score (nSPS) is 11.2. The maximum Gasteiger partial charge on any atom is 0.311 e. The highest BCUT2D eigenvalue weighted by Crippen LogP contribution is 2.29. The van der Waals surface area contributed by atoms with E-state index in [9.17, 15) is 19.7 Å². The van der Waals surface area contributed by atoms with Gasteiger partial charge in [0.05, 0.1) is 37.3 Å². The highest BCUT2D eigenvalue weighted by atomic mass is 16.6. The van der Waals surface area contributed by atoms with Gasteiger partial charge in [-0.25, -0.2) is 0 Å². The summed E-state index contributed by atoms with van der Waals surface area (Å²) < 4.78 is 15.4. The lowest BCUT2D eigenvalue weighted by atomic mass is 10.1. The van der Waals surface area contributed by atoms with Gasteiger partial charge in [0.2, 0.25) is 0 Å². The predicted molar refractivity (Wildman–Crippen MR) is 101 cm³/mol. The monoisotopic (exact) mass is 388 g/mol. The van der Waals surface area contributed by atoms with E-state index in [4.69, 9.17) is 14.2 Å². The van der Waals surface area contributed by atoms with Crippen molar-refractivity contribution < 1.29 is 28.7 Å². The SMILES string of the molecule is COc1ccccc1CC(=O)O[C@@H](C)C(=O)Nc1ccc([N+](=O)[O-])cc1OC. The average molecular weight is 388 g/mol. The van der Waals surface area contributed by atoms with Crippen LogP contribution in [0.4, 0.5) is 11.4 Å². The van der Waals surface area contributed by atoms with Crippen LogP contribution >= 0.6 is 0 Å². The number of nitrogens with one attached hydrogen (secondary N) is 1. The van der Waals surface area contributed by atoms with E-state index in [0.29, 0.717) is 11.3 Å². The summed E-state index contributed by atoms with van der Waals surface area (Å²) in [7, 11) is 2.82. The van der Waals surface area contributed by atoms with Crippen LogP contribution in [-0.4, -0.2) is 37.1 Å². The number of non-ortho nitro benzene ring substituents is 1. The van der Waals surface area contributed by atoms with Crippen molar-refractivity contribution in [2.24, 2.45) is 0 Å². The van der Waals surface area contributed by atoms with Crippen molar-refractivity contribution in [3.63, 3.8) is 0 Å². The first-order valence-electron chi connectivity index (χ1n) is 8.30. The number of carbonyl (C=O) groups excluding carboxylic acids is 2. The Balaban J connectivity index is 2.01. The van der Waals surface area contributed by atoms with E-state index in [-0.39, 0.29) is 23.5 Å². The molecule has 1 amide bonds. The van der Waals surface area contributed by atoms with Gasteiger partial charge in [-0.3, -0.25) is 19.7 Å². The Labute approximate surface area is 161 Å². The number of carbonyl (C=O) groups is 2. The molecule has 0 aliphatic heterocycles. The van der Waals surface area contributed by atoms with Crippen LogP contribution in [0.15, 0.2) is 42.5 Å². The first-order valence-corrected chi connectivity index (χ1v) is 8.30. The molecule has 2 aromatic carbocycles. The second kappa shape index (κ2) is 9.36. The van der Waals surface area contributed by atoms with Gasteiger partial charge < -0.3 is 19.5 Å². The highest BCUT2D eigenvalue weighted by Gasteiger charge is 2.21. The van der Waals surface area contributed by atoms with Crippen molar-refractivity contribution in [2.75, 3.05) is 19.5 Å². The zero-order chi connectivity index (χ0) is 20.7. The first-order chi connectivity index (χ1) is 13.3. The van der Waals surface area contributed by atoms with E-state index in [1.807, 2.05) is 0 Å². The number of ether oxygens (including phenoxy) is 3. The summed E-state index contributed by atoms with van der Waals surface area (Å²) in [5.74, 6) is -0.523. The highest BCUT2D eigenvalue weighted by molar-refractivity contribution is 5.96. The van der Waals surface area contributed by atoms with Crippen molar-refractivity contribution in [1.82, 2.24) is 0 Å². The van der Waals surface area contributed by atoms with E-state index in [1.54, 1.807) is 24.3 Å².